The maximum absolute atomic E-state index is 13.9. The van der Waals surface area contributed by atoms with Gasteiger partial charge in [-0.3, -0.25) is 15.1 Å². The average molecular weight is 494 g/mol. The molecule has 9 heteroatoms. The number of amides is 1. The molecule has 2 atom stereocenters. The standard InChI is InChI=1S/C25H24ClF4N3O/c1-15-12-17(8-9-20(15)27)21(10-6-16-7-11-22(32-14-16)25(28,29)30)33-23(24(34)31-2)18-4-3-5-19(26)13-18/h3-5,7-9,11-14,21,23,33H,6,10H2,1-2H3,(H,31,34)/t21-,23?/m1/s1. The Morgan fingerprint density at radius 1 is 1.09 bits per heavy atom. The van der Waals surface area contributed by atoms with E-state index in [1.165, 1.54) is 25.4 Å². The fourth-order valence-corrected chi connectivity index (χ4v) is 3.84. The van der Waals surface area contributed by atoms with E-state index in [0.29, 0.717) is 34.6 Å². The van der Waals surface area contributed by atoms with Gasteiger partial charge < -0.3 is 5.32 Å². The minimum Gasteiger partial charge on any atom is -0.358 e. The summed E-state index contributed by atoms with van der Waals surface area (Å²) in [5.74, 6) is -0.644. The predicted molar refractivity (Wildman–Crippen MR) is 123 cm³/mol. The van der Waals surface area contributed by atoms with Gasteiger partial charge in [-0.25, -0.2) is 4.39 Å². The summed E-state index contributed by atoms with van der Waals surface area (Å²) in [5, 5.41) is 6.43. The van der Waals surface area contributed by atoms with E-state index < -0.39 is 24.0 Å². The molecule has 0 saturated carbocycles. The largest absolute Gasteiger partial charge is 0.433 e. The van der Waals surface area contributed by atoms with Gasteiger partial charge in [0.25, 0.3) is 0 Å². The molecule has 1 aromatic heterocycles. The lowest BCUT2D eigenvalue weighted by Crippen LogP contribution is -2.38. The molecule has 4 nitrogen and oxygen atoms in total. The number of rotatable bonds is 8. The molecular weight excluding hydrogens is 470 g/mol. The normalized spacial score (nSPS) is 13.4. The van der Waals surface area contributed by atoms with Crippen molar-refractivity contribution in [1.82, 2.24) is 15.6 Å². The highest BCUT2D eigenvalue weighted by Crippen LogP contribution is 2.29. The van der Waals surface area contributed by atoms with Crippen LogP contribution in [0.1, 0.15) is 46.5 Å². The van der Waals surface area contributed by atoms with Gasteiger partial charge in [0, 0.05) is 24.3 Å². The van der Waals surface area contributed by atoms with E-state index in [1.54, 1.807) is 43.3 Å². The summed E-state index contributed by atoms with van der Waals surface area (Å²) in [6, 6.07) is 12.7. The lowest BCUT2D eigenvalue weighted by atomic mass is 9.95. The third-order valence-electron chi connectivity index (χ3n) is 5.48. The highest BCUT2D eigenvalue weighted by molar-refractivity contribution is 6.30. The number of hydrogen-bond donors (Lipinski definition) is 2. The molecule has 0 saturated heterocycles. The van der Waals surface area contributed by atoms with Gasteiger partial charge in [0.1, 0.15) is 17.6 Å². The van der Waals surface area contributed by atoms with Gasteiger partial charge in [0.2, 0.25) is 5.91 Å². The van der Waals surface area contributed by atoms with E-state index in [4.69, 9.17) is 11.6 Å². The molecule has 34 heavy (non-hydrogen) atoms. The maximum atomic E-state index is 13.9. The van der Waals surface area contributed by atoms with Crippen LogP contribution in [-0.2, 0) is 17.4 Å². The Balaban J connectivity index is 1.89. The van der Waals surface area contributed by atoms with E-state index in [9.17, 15) is 22.4 Å². The zero-order chi connectivity index (χ0) is 24.9. The minimum atomic E-state index is -4.51. The van der Waals surface area contributed by atoms with E-state index >= 15 is 0 Å². The van der Waals surface area contributed by atoms with Crippen molar-refractivity contribution in [2.45, 2.75) is 38.0 Å². The Morgan fingerprint density at radius 3 is 2.44 bits per heavy atom. The monoisotopic (exact) mass is 493 g/mol. The summed E-state index contributed by atoms with van der Waals surface area (Å²) >= 11 is 6.13. The van der Waals surface area contributed by atoms with E-state index in [0.717, 1.165) is 11.6 Å². The summed E-state index contributed by atoms with van der Waals surface area (Å²) < 4.78 is 52.4. The van der Waals surface area contributed by atoms with Gasteiger partial charge in [-0.2, -0.15) is 13.2 Å². The van der Waals surface area contributed by atoms with Crippen LogP contribution in [0.3, 0.4) is 0 Å². The Bertz CT molecular complexity index is 1140. The van der Waals surface area contributed by atoms with Crippen LogP contribution in [0.5, 0.6) is 0 Å². The number of nitrogens with one attached hydrogen (secondary N) is 2. The first kappa shape index (κ1) is 25.6. The number of aromatic nitrogens is 1. The average Bonchev–Trinajstić information content (AvgIpc) is 2.80. The second-order valence-electron chi connectivity index (χ2n) is 7.92. The minimum absolute atomic E-state index is 0.290. The van der Waals surface area contributed by atoms with Crippen LogP contribution < -0.4 is 10.6 Å². The van der Waals surface area contributed by atoms with Gasteiger partial charge >= 0.3 is 6.18 Å². The Hall–Kier alpha value is -2.97. The third-order valence-corrected chi connectivity index (χ3v) is 5.71. The molecular formula is C25H24ClF4N3O. The Morgan fingerprint density at radius 2 is 1.85 bits per heavy atom. The molecule has 3 aromatic rings. The second kappa shape index (κ2) is 11.0. The van der Waals surface area contributed by atoms with E-state index in [-0.39, 0.29) is 11.7 Å². The van der Waals surface area contributed by atoms with E-state index in [2.05, 4.69) is 15.6 Å². The van der Waals surface area contributed by atoms with Crippen LogP contribution in [0.2, 0.25) is 5.02 Å². The molecule has 2 N–H and O–H groups in total. The summed E-state index contributed by atoms with van der Waals surface area (Å²) in [6.07, 6.45) is -2.50. The summed E-state index contributed by atoms with van der Waals surface area (Å²) in [4.78, 5) is 16.2. The number of aryl methyl sites for hydroxylation is 2. The molecule has 2 aromatic carbocycles. The number of carbonyl (C=O) groups excluding carboxylic acids is 1. The molecule has 1 unspecified atom stereocenters. The van der Waals surface area contributed by atoms with Crippen molar-refractivity contribution in [2.75, 3.05) is 7.05 Å². The molecule has 0 aliphatic rings. The number of pyridine rings is 1. The van der Waals surface area contributed by atoms with Crippen molar-refractivity contribution in [3.8, 4) is 0 Å². The van der Waals surface area contributed by atoms with Gasteiger partial charge in [-0.1, -0.05) is 41.9 Å². The first-order chi connectivity index (χ1) is 16.1. The number of alkyl halides is 3. The molecule has 0 bridgehead atoms. The number of benzene rings is 2. The zero-order valence-electron chi connectivity index (χ0n) is 18.6. The second-order valence-corrected chi connectivity index (χ2v) is 8.35. The molecule has 3 rings (SSSR count). The van der Waals surface area contributed by atoms with Crippen molar-refractivity contribution in [3.63, 3.8) is 0 Å². The first-order valence-electron chi connectivity index (χ1n) is 10.6. The molecule has 1 amide bonds. The summed E-state index contributed by atoms with van der Waals surface area (Å²) in [5.41, 5.74) is 1.49. The van der Waals surface area contributed by atoms with Crippen molar-refractivity contribution >= 4 is 17.5 Å². The summed E-state index contributed by atoms with van der Waals surface area (Å²) in [7, 11) is 1.52. The van der Waals surface area contributed by atoms with Gasteiger partial charge in [0.15, 0.2) is 0 Å². The van der Waals surface area contributed by atoms with Crippen LogP contribution in [0.25, 0.3) is 0 Å². The van der Waals surface area contributed by atoms with Crippen LogP contribution in [0.4, 0.5) is 17.6 Å². The van der Waals surface area contributed by atoms with Crippen LogP contribution in [0, 0.1) is 12.7 Å². The number of hydrogen-bond acceptors (Lipinski definition) is 3. The van der Waals surface area contributed by atoms with E-state index in [1.807, 2.05) is 0 Å². The maximum Gasteiger partial charge on any atom is 0.433 e. The third kappa shape index (κ3) is 6.55. The number of likely N-dealkylation sites (N-methyl/N-ethyl adjacent to an activating group) is 1. The molecule has 180 valence electrons. The highest BCUT2D eigenvalue weighted by Gasteiger charge is 2.32. The van der Waals surface area contributed by atoms with Crippen molar-refractivity contribution < 1.29 is 22.4 Å². The van der Waals surface area contributed by atoms with Crippen LogP contribution in [0.15, 0.2) is 60.8 Å². The van der Waals surface area contributed by atoms with Crippen LogP contribution >= 0.6 is 11.6 Å². The van der Waals surface area contributed by atoms with Crippen molar-refractivity contribution in [1.29, 1.82) is 0 Å². The number of halogens is 5. The fourth-order valence-electron chi connectivity index (χ4n) is 3.64. The number of nitrogens with zero attached hydrogens (tertiary/aromatic N) is 1. The highest BCUT2D eigenvalue weighted by atomic mass is 35.5. The predicted octanol–water partition coefficient (Wildman–Crippen LogP) is 5.95. The quantitative estimate of drug-likeness (QED) is 0.381. The molecule has 0 aliphatic heterocycles. The molecule has 0 aliphatic carbocycles. The van der Waals surface area contributed by atoms with Gasteiger partial charge in [-0.05, 0) is 66.3 Å². The lowest BCUT2D eigenvalue weighted by Gasteiger charge is -2.26. The Labute approximate surface area is 200 Å². The topological polar surface area (TPSA) is 54.0 Å². The van der Waals surface area contributed by atoms with Gasteiger partial charge in [-0.15, -0.1) is 0 Å². The Kier molecular flexibility index (Phi) is 8.28. The molecule has 0 fully saturated rings. The summed E-state index contributed by atoms with van der Waals surface area (Å²) in [6.45, 7) is 1.64. The number of carbonyl (C=O) groups is 1. The first-order valence-corrected chi connectivity index (χ1v) is 11.0. The lowest BCUT2D eigenvalue weighted by molar-refractivity contribution is -0.141. The molecule has 0 spiro atoms. The van der Waals surface area contributed by atoms with Crippen molar-refractivity contribution in [2.24, 2.45) is 0 Å². The zero-order valence-corrected chi connectivity index (χ0v) is 19.3. The van der Waals surface area contributed by atoms with Crippen molar-refractivity contribution in [3.05, 3.63) is 99.6 Å². The van der Waals surface area contributed by atoms with Crippen LogP contribution in [-0.4, -0.2) is 17.9 Å². The molecule has 0 radical (unpaired) electrons. The SMILES string of the molecule is CNC(=O)C(N[C@H](CCc1ccc(C(F)(F)F)nc1)c1ccc(F)c(C)c1)c1cccc(Cl)c1. The molecule has 1 heterocycles. The smallest absolute Gasteiger partial charge is 0.358 e. The van der Waals surface area contributed by atoms with Gasteiger partial charge in [0.05, 0.1) is 0 Å². The fraction of sp³-hybridized carbons (Fsp3) is 0.280.